The molecule has 2 N–H and O–H groups in total. The van der Waals surface area contributed by atoms with E-state index < -0.39 is 5.54 Å². The topological polar surface area (TPSA) is 83.6 Å². The molecule has 6 heteroatoms. The monoisotopic (exact) mass is 229 g/mol. The van der Waals surface area contributed by atoms with E-state index in [0.717, 1.165) is 12.8 Å². The highest BCUT2D eigenvalue weighted by molar-refractivity contribution is 5.94. The summed E-state index contributed by atoms with van der Waals surface area (Å²) in [6.45, 7) is 0. The zero-order chi connectivity index (χ0) is 11.7. The predicted molar refractivity (Wildman–Crippen MR) is 59.0 cm³/mol. The molecule has 0 bridgehead atoms. The largest absolute Gasteiger partial charge is 0.339 e. The molecular formula is C11H11N5O. The van der Waals surface area contributed by atoms with Crippen LogP contribution >= 0.6 is 0 Å². The van der Waals surface area contributed by atoms with Gasteiger partial charge in [0.05, 0.1) is 0 Å². The smallest absolute Gasteiger partial charge is 0.252 e. The number of nitrogens with zero attached hydrogens (tertiary/aromatic N) is 3. The van der Waals surface area contributed by atoms with Crippen molar-refractivity contribution in [1.29, 1.82) is 0 Å². The van der Waals surface area contributed by atoms with Crippen molar-refractivity contribution in [2.24, 2.45) is 0 Å². The van der Waals surface area contributed by atoms with E-state index in [4.69, 9.17) is 0 Å². The van der Waals surface area contributed by atoms with Crippen molar-refractivity contribution >= 4 is 5.91 Å². The summed E-state index contributed by atoms with van der Waals surface area (Å²) in [5, 5.41) is 16.8. The van der Waals surface area contributed by atoms with E-state index in [1.807, 2.05) is 18.2 Å². The first-order chi connectivity index (χ1) is 8.30. The lowest BCUT2D eigenvalue weighted by molar-refractivity contribution is 0.0928. The average Bonchev–Trinajstić information content (AvgIpc) is 2.94. The summed E-state index contributed by atoms with van der Waals surface area (Å²) in [5.74, 6) is 0.453. The fraction of sp³-hybridized carbons (Fsp3) is 0.273. The Morgan fingerprint density at radius 2 is 2.06 bits per heavy atom. The fourth-order valence-corrected chi connectivity index (χ4v) is 1.77. The first-order valence-electron chi connectivity index (χ1n) is 5.42. The van der Waals surface area contributed by atoms with Crippen LogP contribution < -0.4 is 5.32 Å². The Morgan fingerprint density at radius 3 is 2.65 bits per heavy atom. The molecule has 1 fully saturated rings. The minimum Gasteiger partial charge on any atom is -0.339 e. The number of aromatic amines is 1. The second-order valence-electron chi connectivity index (χ2n) is 4.14. The van der Waals surface area contributed by atoms with Crippen LogP contribution in [0.1, 0.15) is 29.0 Å². The van der Waals surface area contributed by atoms with Crippen molar-refractivity contribution < 1.29 is 4.79 Å². The van der Waals surface area contributed by atoms with Gasteiger partial charge >= 0.3 is 0 Å². The third kappa shape index (κ3) is 1.77. The van der Waals surface area contributed by atoms with E-state index in [0.29, 0.717) is 11.4 Å². The van der Waals surface area contributed by atoms with E-state index in [-0.39, 0.29) is 5.91 Å². The molecule has 0 aliphatic heterocycles. The highest BCUT2D eigenvalue weighted by Gasteiger charge is 2.49. The summed E-state index contributed by atoms with van der Waals surface area (Å²) >= 11 is 0. The van der Waals surface area contributed by atoms with Gasteiger partial charge in [-0.3, -0.25) is 4.79 Å². The molecule has 0 radical (unpaired) electrons. The Kier molecular flexibility index (Phi) is 2.14. The van der Waals surface area contributed by atoms with E-state index >= 15 is 0 Å². The lowest BCUT2D eigenvalue weighted by Gasteiger charge is -2.13. The maximum absolute atomic E-state index is 12.0. The van der Waals surface area contributed by atoms with Gasteiger partial charge in [-0.15, -0.1) is 10.2 Å². The Bertz CT molecular complexity index is 518. The van der Waals surface area contributed by atoms with Crippen LogP contribution in [0.2, 0.25) is 0 Å². The highest BCUT2D eigenvalue weighted by Crippen LogP contribution is 2.43. The van der Waals surface area contributed by atoms with Gasteiger partial charge in [-0.2, -0.15) is 5.21 Å². The number of aromatic nitrogens is 4. The third-order valence-corrected chi connectivity index (χ3v) is 2.91. The number of nitrogens with one attached hydrogen (secondary N) is 2. The van der Waals surface area contributed by atoms with Crippen LogP contribution in [0.15, 0.2) is 30.3 Å². The maximum Gasteiger partial charge on any atom is 0.252 e. The van der Waals surface area contributed by atoms with Gasteiger partial charge in [0.1, 0.15) is 5.54 Å². The van der Waals surface area contributed by atoms with Gasteiger partial charge in [0.2, 0.25) is 0 Å². The van der Waals surface area contributed by atoms with Crippen LogP contribution in [0.25, 0.3) is 0 Å². The molecule has 1 amide bonds. The number of carbonyl (C=O) groups excluding carboxylic acids is 1. The maximum atomic E-state index is 12.0. The zero-order valence-electron chi connectivity index (χ0n) is 9.05. The Hall–Kier alpha value is -2.24. The molecule has 0 spiro atoms. The molecule has 1 aliphatic carbocycles. The Morgan fingerprint density at radius 1 is 1.29 bits per heavy atom. The van der Waals surface area contributed by atoms with Gasteiger partial charge in [0, 0.05) is 5.56 Å². The molecule has 6 nitrogen and oxygen atoms in total. The van der Waals surface area contributed by atoms with Crippen molar-refractivity contribution in [3.63, 3.8) is 0 Å². The lowest BCUT2D eigenvalue weighted by Crippen LogP contribution is -2.35. The van der Waals surface area contributed by atoms with Crippen LogP contribution in [-0.2, 0) is 5.54 Å². The first-order valence-corrected chi connectivity index (χ1v) is 5.42. The molecule has 1 aromatic carbocycles. The normalized spacial score (nSPS) is 16.5. The van der Waals surface area contributed by atoms with E-state index in [2.05, 4.69) is 25.9 Å². The van der Waals surface area contributed by atoms with Crippen LogP contribution in [0.4, 0.5) is 0 Å². The van der Waals surface area contributed by atoms with Gasteiger partial charge in [-0.25, -0.2) is 0 Å². The van der Waals surface area contributed by atoms with Crippen LogP contribution in [0.5, 0.6) is 0 Å². The molecular weight excluding hydrogens is 218 g/mol. The van der Waals surface area contributed by atoms with Crippen molar-refractivity contribution in [2.45, 2.75) is 18.4 Å². The summed E-state index contributed by atoms with van der Waals surface area (Å²) < 4.78 is 0. The van der Waals surface area contributed by atoms with Gasteiger partial charge in [0.25, 0.3) is 5.91 Å². The summed E-state index contributed by atoms with van der Waals surface area (Å²) in [5.41, 5.74) is 0.224. The van der Waals surface area contributed by atoms with Crippen LogP contribution in [0.3, 0.4) is 0 Å². The minimum atomic E-state index is -0.417. The Labute approximate surface area is 97.4 Å². The fourth-order valence-electron chi connectivity index (χ4n) is 1.77. The molecule has 17 heavy (non-hydrogen) atoms. The van der Waals surface area contributed by atoms with Gasteiger partial charge < -0.3 is 5.32 Å². The molecule has 0 saturated heterocycles. The third-order valence-electron chi connectivity index (χ3n) is 2.91. The molecule has 2 aromatic rings. The van der Waals surface area contributed by atoms with E-state index in [1.165, 1.54) is 0 Å². The molecule has 1 saturated carbocycles. The minimum absolute atomic E-state index is 0.104. The molecule has 1 aromatic heterocycles. The zero-order valence-corrected chi connectivity index (χ0v) is 9.05. The van der Waals surface area contributed by atoms with Crippen molar-refractivity contribution in [3.8, 4) is 0 Å². The number of benzene rings is 1. The van der Waals surface area contributed by atoms with Gasteiger partial charge in [-0.05, 0) is 25.0 Å². The summed E-state index contributed by atoms with van der Waals surface area (Å²) in [4.78, 5) is 12.0. The van der Waals surface area contributed by atoms with Crippen molar-refractivity contribution in [2.75, 3.05) is 0 Å². The summed E-state index contributed by atoms with van der Waals surface area (Å²) in [6, 6.07) is 9.11. The Balaban J connectivity index is 1.78. The number of hydrogen-bond acceptors (Lipinski definition) is 4. The molecule has 1 aliphatic rings. The predicted octanol–water partition coefficient (Wildman–Crippen LogP) is 0.619. The number of tetrazole rings is 1. The number of rotatable bonds is 3. The summed E-state index contributed by atoms with van der Waals surface area (Å²) in [7, 11) is 0. The molecule has 86 valence electrons. The van der Waals surface area contributed by atoms with Crippen LogP contribution in [-0.4, -0.2) is 26.5 Å². The van der Waals surface area contributed by atoms with E-state index in [1.54, 1.807) is 12.1 Å². The molecule has 3 rings (SSSR count). The van der Waals surface area contributed by atoms with Gasteiger partial charge in [0.15, 0.2) is 5.82 Å². The quantitative estimate of drug-likeness (QED) is 0.808. The molecule has 0 atom stereocenters. The molecule has 1 heterocycles. The first kappa shape index (κ1) is 9.95. The van der Waals surface area contributed by atoms with Crippen LogP contribution in [0, 0.1) is 0 Å². The van der Waals surface area contributed by atoms with Crippen molar-refractivity contribution in [3.05, 3.63) is 41.7 Å². The highest BCUT2D eigenvalue weighted by atomic mass is 16.1. The number of amides is 1. The number of hydrogen-bond donors (Lipinski definition) is 2. The summed E-state index contributed by atoms with van der Waals surface area (Å²) in [6.07, 6.45) is 1.70. The number of H-pyrrole nitrogens is 1. The lowest BCUT2D eigenvalue weighted by atomic mass is 10.2. The average molecular weight is 229 g/mol. The van der Waals surface area contributed by atoms with Gasteiger partial charge in [-0.1, -0.05) is 23.4 Å². The SMILES string of the molecule is O=C(NC1(c2nn[nH]n2)CC1)c1ccccc1. The second kappa shape index (κ2) is 3.65. The second-order valence-corrected chi connectivity index (χ2v) is 4.14. The van der Waals surface area contributed by atoms with E-state index in [9.17, 15) is 4.79 Å². The number of carbonyl (C=O) groups is 1. The molecule has 0 unspecified atom stereocenters. The standard InChI is InChI=1S/C11H11N5O/c17-9(8-4-2-1-3-5-8)12-11(6-7-11)10-13-15-16-14-10/h1-5H,6-7H2,(H,12,17)(H,13,14,15,16). The van der Waals surface area contributed by atoms with Crippen molar-refractivity contribution in [1.82, 2.24) is 25.9 Å².